The molecule has 8 heteroatoms. The molecule has 1 aromatic carbocycles. The van der Waals surface area contributed by atoms with Crippen molar-refractivity contribution in [2.24, 2.45) is 5.41 Å². The Morgan fingerprint density at radius 1 is 1.00 bits per heavy atom. The van der Waals surface area contributed by atoms with Crippen LogP contribution in [0.15, 0.2) is 24.3 Å². The molecular formula is C26H36N4O4. The first kappa shape index (κ1) is 23.3. The Balaban J connectivity index is 1.24. The summed E-state index contributed by atoms with van der Waals surface area (Å²) in [6, 6.07) is 7.21. The van der Waals surface area contributed by atoms with Gasteiger partial charge in [-0.05, 0) is 48.9 Å². The number of hydrogen-bond acceptors (Lipinski definition) is 6. The largest absolute Gasteiger partial charge is 0.369 e. The van der Waals surface area contributed by atoms with E-state index in [1.165, 1.54) is 12.8 Å². The highest BCUT2D eigenvalue weighted by Crippen LogP contribution is 2.31. The first-order valence-corrected chi connectivity index (χ1v) is 12.6. The zero-order valence-electron chi connectivity index (χ0n) is 20.5. The van der Waals surface area contributed by atoms with Gasteiger partial charge in [-0.25, -0.2) is 0 Å². The summed E-state index contributed by atoms with van der Waals surface area (Å²) in [5.74, 6) is -0.538. The number of nitrogens with one attached hydrogen (secondary N) is 1. The Morgan fingerprint density at radius 3 is 2.29 bits per heavy atom. The fourth-order valence-corrected chi connectivity index (χ4v) is 5.48. The average molecular weight is 469 g/mol. The third-order valence-electron chi connectivity index (χ3n) is 7.66. The maximum Gasteiger partial charge on any atom is 0.251 e. The van der Waals surface area contributed by atoms with Gasteiger partial charge in [-0.15, -0.1) is 0 Å². The van der Waals surface area contributed by atoms with Gasteiger partial charge >= 0.3 is 0 Å². The van der Waals surface area contributed by atoms with Crippen LogP contribution in [0.25, 0.3) is 0 Å². The van der Waals surface area contributed by atoms with E-state index in [4.69, 9.17) is 4.74 Å². The van der Waals surface area contributed by atoms with Crippen molar-refractivity contribution in [2.75, 3.05) is 44.2 Å². The van der Waals surface area contributed by atoms with E-state index in [1.807, 2.05) is 45.0 Å². The minimum Gasteiger partial charge on any atom is -0.369 e. The first-order chi connectivity index (χ1) is 16.2. The second kappa shape index (κ2) is 8.96. The Morgan fingerprint density at radius 2 is 1.68 bits per heavy atom. The molecule has 1 N–H and O–H groups in total. The third kappa shape index (κ3) is 4.58. The molecule has 3 aliphatic heterocycles. The van der Waals surface area contributed by atoms with Gasteiger partial charge in [-0.3, -0.25) is 19.3 Å². The summed E-state index contributed by atoms with van der Waals surface area (Å²) in [6.45, 7) is 10.5. The van der Waals surface area contributed by atoms with Gasteiger partial charge in [0.15, 0.2) is 5.78 Å². The maximum absolute atomic E-state index is 13.5. The van der Waals surface area contributed by atoms with Crippen LogP contribution in [0.3, 0.4) is 0 Å². The normalized spacial score (nSPS) is 26.5. The minimum atomic E-state index is -0.734. The van der Waals surface area contributed by atoms with E-state index >= 15 is 0 Å². The number of ether oxygens (including phenoxy) is 1. The molecule has 5 rings (SSSR count). The number of hydrogen-bond donors (Lipinski definition) is 1. The van der Waals surface area contributed by atoms with Gasteiger partial charge in [0.2, 0.25) is 5.91 Å². The number of ketones is 1. The van der Waals surface area contributed by atoms with E-state index in [-0.39, 0.29) is 30.3 Å². The summed E-state index contributed by atoms with van der Waals surface area (Å²) in [5, 5.41) is 2.97. The van der Waals surface area contributed by atoms with Crippen molar-refractivity contribution in [2.45, 2.75) is 64.3 Å². The van der Waals surface area contributed by atoms with Gasteiger partial charge in [0.25, 0.3) is 5.91 Å². The topological polar surface area (TPSA) is 82.2 Å². The highest BCUT2D eigenvalue weighted by molar-refractivity contribution is 5.99. The number of rotatable bonds is 5. The quantitative estimate of drug-likeness (QED) is 0.708. The minimum absolute atomic E-state index is 0.0524. The smallest absolute Gasteiger partial charge is 0.251 e. The summed E-state index contributed by atoms with van der Waals surface area (Å²) >= 11 is 0. The molecule has 34 heavy (non-hydrogen) atoms. The first-order valence-electron chi connectivity index (χ1n) is 12.6. The lowest BCUT2D eigenvalue weighted by atomic mass is 9.85. The number of Topliss-reactive ketones (excluding diaryl/α,β-unsaturated/α-hetero) is 1. The van der Waals surface area contributed by atoms with E-state index in [0.29, 0.717) is 18.5 Å². The average Bonchev–Trinajstić information content (AvgIpc) is 3.48. The number of carbonyl (C=O) groups is 3. The molecule has 0 bridgehead atoms. The Hall–Kier alpha value is -2.45. The molecule has 2 unspecified atom stereocenters. The number of fused-ring (bicyclic) bond motifs is 1. The number of amides is 2. The molecule has 2 amide bonds. The van der Waals surface area contributed by atoms with Crippen molar-refractivity contribution in [1.82, 2.24) is 15.1 Å². The van der Waals surface area contributed by atoms with Crippen LogP contribution in [0.4, 0.5) is 5.69 Å². The molecule has 8 nitrogen and oxygen atoms in total. The number of piperazine rings is 1. The number of carbonyl (C=O) groups excluding carboxylic acids is 3. The second-order valence-corrected chi connectivity index (χ2v) is 11.2. The van der Waals surface area contributed by atoms with Crippen LogP contribution in [-0.2, 0) is 14.3 Å². The molecule has 1 saturated carbocycles. The number of benzene rings is 1. The second-order valence-electron chi connectivity index (χ2n) is 11.2. The summed E-state index contributed by atoms with van der Waals surface area (Å²) in [6.07, 6.45) is 3.12. The summed E-state index contributed by atoms with van der Waals surface area (Å²) in [7, 11) is 0. The van der Waals surface area contributed by atoms with E-state index in [2.05, 4.69) is 15.1 Å². The van der Waals surface area contributed by atoms with Crippen molar-refractivity contribution in [1.29, 1.82) is 0 Å². The van der Waals surface area contributed by atoms with Crippen LogP contribution in [0.5, 0.6) is 0 Å². The maximum atomic E-state index is 13.5. The molecule has 4 fully saturated rings. The van der Waals surface area contributed by atoms with Crippen molar-refractivity contribution in [3.63, 3.8) is 0 Å². The third-order valence-corrected chi connectivity index (χ3v) is 7.66. The van der Waals surface area contributed by atoms with Crippen molar-refractivity contribution >= 4 is 23.3 Å². The molecular weight excluding hydrogens is 432 g/mol. The van der Waals surface area contributed by atoms with Crippen molar-refractivity contribution in [3.8, 4) is 0 Å². The fourth-order valence-electron chi connectivity index (χ4n) is 5.48. The van der Waals surface area contributed by atoms with Crippen LogP contribution >= 0.6 is 0 Å². The Bertz CT molecular complexity index is 945. The molecule has 1 aromatic rings. The van der Waals surface area contributed by atoms with Gasteiger partial charge in [0.1, 0.15) is 18.7 Å². The van der Waals surface area contributed by atoms with E-state index < -0.39 is 17.5 Å². The lowest BCUT2D eigenvalue weighted by Gasteiger charge is -2.36. The monoisotopic (exact) mass is 468 g/mol. The van der Waals surface area contributed by atoms with Crippen molar-refractivity contribution in [3.05, 3.63) is 29.8 Å². The van der Waals surface area contributed by atoms with Gasteiger partial charge in [-0.2, -0.15) is 0 Å². The molecule has 1 aliphatic carbocycles. The predicted molar refractivity (Wildman–Crippen MR) is 129 cm³/mol. The van der Waals surface area contributed by atoms with Crippen LogP contribution in [0, 0.1) is 5.41 Å². The zero-order valence-corrected chi connectivity index (χ0v) is 20.5. The molecule has 0 radical (unpaired) electrons. The van der Waals surface area contributed by atoms with E-state index in [1.54, 1.807) is 4.90 Å². The molecule has 4 aliphatic rings. The zero-order chi connectivity index (χ0) is 24.0. The fraction of sp³-hybridized carbons (Fsp3) is 0.654. The lowest BCUT2D eigenvalue weighted by Crippen LogP contribution is -2.57. The van der Waals surface area contributed by atoms with E-state index in [0.717, 1.165) is 37.9 Å². The SMILES string of the molecule is CC(C)(C)[C@H](NC(=O)c1ccc(N2CCN(C3CC3)CC2)cc1)C(=O)N1CCC2OCC(=O)C21. The van der Waals surface area contributed by atoms with Crippen LogP contribution in [-0.4, -0.2) is 91.0 Å². The molecule has 3 saturated heterocycles. The van der Waals surface area contributed by atoms with Crippen LogP contribution < -0.4 is 10.2 Å². The molecule has 0 spiro atoms. The van der Waals surface area contributed by atoms with E-state index in [9.17, 15) is 14.4 Å². The summed E-state index contributed by atoms with van der Waals surface area (Å²) < 4.78 is 5.53. The summed E-state index contributed by atoms with van der Waals surface area (Å²) in [5.41, 5.74) is 1.15. The number of likely N-dealkylation sites (tertiary alicyclic amines) is 1. The Kier molecular flexibility index (Phi) is 6.14. The highest BCUT2D eigenvalue weighted by Gasteiger charge is 2.49. The Labute approximate surface area is 201 Å². The number of nitrogens with zero attached hydrogens (tertiary/aromatic N) is 3. The molecule has 184 valence electrons. The van der Waals surface area contributed by atoms with Crippen molar-refractivity contribution < 1.29 is 19.1 Å². The highest BCUT2D eigenvalue weighted by atomic mass is 16.5. The molecule has 3 atom stereocenters. The summed E-state index contributed by atoms with van der Waals surface area (Å²) in [4.78, 5) is 45.5. The van der Waals surface area contributed by atoms with Gasteiger partial charge in [0, 0.05) is 50.0 Å². The molecule has 0 aromatic heterocycles. The lowest BCUT2D eigenvalue weighted by molar-refractivity contribution is -0.140. The van der Waals surface area contributed by atoms with Gasteiger partial charge in [0.05, 0.1) is 6.10 Å². The van der Waals surface area contributed by atoms with Gasteiger partial charge < -0.3 is 19.9 Å². The number of anilines is 1. The van der Waals surface area contributed by atoms with Crippen LogP contribution in [0.1, 0.15) is 50.4 Å². The standard InChI is InChI=1S/C26H36N4O4/c1-26(2,3)23(25(33)30-11-10-21-22(30)20(31)16-34-21)27-24(32)17-4-6-18(7-5-17)28-12-14-29(15-13-28)19-8-9-19/h4-7,19,21-23H,8-16H2,1-3H3,(H,27,32)/t21?,22?,23-/m1/s1. The molecule has 3 heterocycles. The van der Waals surface area contributed by atoms with Crippen LogP contribution in [0.2, 0.25) is 0 Å². The van der Waals surface area contributed by atoms with Gasteiger partial charge in [-0.1, -0.05) is 20.8 Å². The predicted octanol–water partition coefficient (Wildman–Crippen LogP) is 1.68.